The molecule has 1 unspecified atom stereocenters. The molecule has 21 heavy (non-hydrogen) atoms. The van der Waals surface area contributed by atoms with E-state index < -0.39 is 0 Å². The topological polar surface area (TPSA) is 50.3 Å². The van der Waals surface area contributed by atoms with Crippen LogP contribution in [0, 0.1) is 0 Å². The van der Waals surface area contributed by atoms with E-state index in [1.165, 1.54) is 19.4 Å². The van der Waals surface area contributed by atoms with Crippen molar-refractivity contribution in [3.8, 4) is 5.88 Å². The predicted octanol–water partition coefficient (Wildman–Crippen LogP) is 2.72. The van der Waals surface area contributed by atoms with Gasteiger partial charge in [0.1, 0.15) is 12.1 Å². The van der Waals surface area contributed by atoms with Crippen LogP contribution >= 0.6 is 0 Å². The summed E-state index contributed by atoms with van der Waals surface area (Å²) >= 11 is 0. The van der Waals surface area contributed by atoms with E-state index >= 15 is 0 Å². The molecule has 0 saturated carbocycles. The molecule has 0 aliphatic carbocycles. The van der Waals surface area contributed by atoms with E-state index in [0.717, 1.165) is 49.7 Å². The number of anilines is 1. The molecule has 1 atom stereocenters. The third-order valence-corrected chi connectivity index (χ3v) is 4.16. The van der Waals surface area contributed by atoms with Gasteiger partial charge < -0.3 is 15.0 Å². The molecule has 0 radical (unpaired) electrons. The number of rotatable bonds is 8. The standard InChI is InChI=1S/C16H28N4O/c1-4-9-17-15-14(5-2)16(19-12-18-15)21-11-8-13-7-6-10-20(13)3/h12-13H,4-11H2,1-3H3,(H,17,18,19). The van der Waals surface area contributed by atoms with Gasteiger partial charge in [0.2, 0.25) is 5.88 Å². The number of hydrogen-bond acceptors (Lipinski definition) is 5. The molecule has 1 aromatic heterocycles. The summed E-state index contributed by atoms with van der Waals surface area (Å²) in [6, 6.07) is 0.662. The van der Waals surface area contributed by atoms with Gasteiger partial charge in [-0.15, -0.1) is 0 Å². The van der Waals surface area contributed by atoms with Crippen molar-refractivity contribution in [2.45, 2.75) is 52.0 Å². The van der Waals surface area contributed by atoms with Crippen LogP contribution < -0.4 is 10.1 Å². The molecule has 5 nitrogen and oxygen atoms in total. The number of nitrogens with zero attached hydrogens (tertiary/aromatic N) is 3. The van der Waals surface area contributed by atoms with Gasteiger partial charge in [0.25, 0.3) is 0 Å². The van der Waals surface area contributed by atoms with E-state index in [2.05, 4.69) is 41.1 Å². The van der Waals surface area contributed by atoms with Gasteiger partial charge in [-0.25, -0.2) is 9.97 Å². The first-order valence-corrected chi connectivity index (χ1v) is 8.17. The highest BCUT2D eigenvalue weighted by Crippen LogP contribution is 2.23. The third kappa shape index (κ3) is 4.30. The number of nitrogens with one attached hydrogen (secondary N) is 1. The van der Waals surface area contributed by atoms with Crippen molar-refractivity contribution < 1.29 is 4.74 Å². The van der Waals surface area contributed by atoms with Crippen LogP contribution in [0.5, 0.6) is 5.88 Å². The Morgan fingerprint density at radius 1 is 1.38 bits per heavy atom. The monoisotopic (exact) mass is 292 g/mol. The van der Waals surface area contributed by atoms with Gasteiger partial charge >= 0.3 is 0 Å². The van der Waals surface area contributed by atoms with Gasteiger partial charge in [-0.1, -0.05) is 13.8 Å². The first-order chi connectivity index (χ1) is 10.3. The molecule has 118 valence electrons. The normalized spacial score (nSPS) is 18.9. The van der Waals surface area contributed by atoms with Gasteiger partial charge in [-0.3, -0.25) is 0 Å². The van der Waals surface area contributed by atoms with Crippen LogP contribution in [0.15, 0.2) is 6.33 Å². The molecule has 0 amide bonds. The van der Waals surface area contributed by atoms with Gasteiger partial charge in [-0.05, 0) is 45.7 Å². The first-order valence-electron chi connectivity index (χ1n) is 8.17. The van der Waals surface area contributed by atoms with Crippen LogP contribution in [0.4, 0.5) is 5.82 Å². The molecule has 1 aliphatic rings. The summed E-state index contributed by atoms with van der Waals surface area (Å²) in [6.07, 6.45) is 7.21. The average molecular weight is 292 g/mol. The minimum Gasteiger partial charge on any atom is -0.477 e. The summed E-state index contributed by atoms with van der Waals surface area (Å²) < 4.78 is 5.94. The Bertz CT molecular complexity index is 438. The molecule has 1 saturated heterocycles. The maximum Gasteiger partial charge on any atom is 0.221 e. The minimum absolute atomic E-state index is 0.662. The van der Waals surface area contributed by atoms with E-state index in [0.29, 0.717) is 6.04 Å². The minimum atomic E-state index is 0.662. The molecule has 2 rings (SSSR count). The summed E-state index contributed by atoms with van der Waals surface area (Å²) in [5, 5.41) is 3.35. The van der Waals surface area contributed by atoms with Crippen LogP contribution in [0.3, 0.4) is 0 Å². The fourth-order valence-electron chi connectivity index (χ4n) is 2.87. The number of ether oxygens (including phenoxy) is 1. The van der Waals surface area contributed by atoms with Crippen LogP contribution in [-0.2, 0) is 6.42 Å². The molecule has 0 bridgehead atoms. The highest BCUT2D eigenvalue weighted by atomic mass is 16.5. The largest absolute Gasteiger partial charge is 0.477 e. The van der Waals surface area contributed by atoms with Crippen LogP contribution in [-0.4, -0.2) is 47.7 Å². The lowest BCUT2D eigenvalue weighted by atomic mass is 10.1. The fourth-order valence-corrected chi connectivity index (χ4v) is 2.87. The van der Waals surface area contributed by atoms with Crippen molar-refractivity contribution in [1.82, 2.24) is 14.9 Å². The highest BCUT2D eigenvalue weighted by Gasteiger charge is 2.20. The molecule has 5 heteroatoms. The Hall–Kier alpha value is -1.36. The Balaban J connectivity index is 1.92. The molecule has 0 spiro atoms. The summed E-state index contributed by atoms with van der Waals surface area (Å²) in [4.78, 5) is 11.1. The van der Waals surface area contributed by atoms with Crippen LogP contribution in [0.1, 0.15) is 45.1 Å². The molecule has 1 aromatic rings. The van der Waals surface area contributed by atoms with E-state index in [-0.39, 0.29) is 0 Å². The van der Waals surface area contributed by atoms with Crippen molar-refractivity contribution in [3.63, 3.8) is 0 Å². The highest BCUT2D eigenvalue weighted by molar-refractivity contribution is 5.48. The smallest absolute Gasteiger partial charge is 0.221 e. The molecular formula is C16H28N4O. The Labute approximate surface area is 128 Å². The average Bonchev–Trinajstić information content (AvgIpc) is 2.90. The number of aromatic nitrogens is 2. The summed E-state index contributed by atoms with van der Waals surface area (Å²) in [6.45, 7) is 7.13. The maximum atomic E-state index is 5.94. The predicted molar refractivity (Wildman–Crippen MR) is 86.0 cm³/mol. The molecular weight excluding hydrogens is 264 g/mol. The first kappa shape index (κ1) is 16.0. The van der Waals surface area contributed by atoms with Crippen molar-refractivity contribution in [1.29, 1.82) is 0 Å². The van der Waals surface area contributed by atoms with Gasteiger partial charge in [-0.2, -0.15) is 0 Å². The number of likely N-dealkylation sites (tertiary alicyclic amines) is 1. The van der Waals surface area contributed by atoms with Crippen molar-refractivity contribution in [3.05, 3.63) is 11.9 Å². The Morgan fingerprint density at radius 3 is 2.90 bits per heavy atom. The molecule has 1 fully saturated rings. The van der Waals surface area contributed by atoms with E-state index in [1.54, 1.807) is 6.33 Å². The Morgan fingerprint density at radius 2 is 2.24 bits per heavy atom. The van der Waals surface area contributed by atoms with Crippen molar-refractivity contribution in [2.75, 3.05) is 32.1 Å². The molecule has 1 N–H and O–H groups in total. The number of hydrogen-bond donors (Lipinski definition) is 1. The quantitative estimate of drug-likeness (QED) is 0.798. The second-order valence-corrected chi connectivity index (χ2v) is 5.70. The zero-order valence-corrected chi connectivity index (χ0v) is 13.6. The lowest BCUT2D eigenvalue weighted by molar-refractivity contribution is 0.227. The summed E-state index contributed by atoms with van der Waals surface area (Å²) in [7, 11) is 2.20. The second kappa shape index (κ2) is 8.17. The second-order valence-electron chi connectivity index (χ2n) is 5.70. The van der Waals surface area contributed by atoms with Gasteiger partial charge in [0, 0.05) is 12.6 Å². The van der Waals surface area contributed by atoms with Crippen molar-refractivity contribution in [2.24, 2.45) is 0 Å². The Kier molecular flexibility index (Phi) is 6.23. The van der Waals surface area contributed by atoms with E-state index in [9.17, 15) is 0 Å². The van der Waals surface area contributed by atoms with Crippen molar-refractivity contribution >= 4 is 5.82 Å². The summed E-state index contributed by atoms with van der Waals surface area (Å²) in [5.74, 6) is 1.66. The van der Waals surface area contributed by atoms with Crippen LogP contribution in [0.2, 0.25) is 0 Å². The van der Waals surface area contributed by atoms with E-state index in [1.807, 2.05) is 0 Å². The van der Waals surface area contributed by atoms with Gasteiger partial charge in [0.15, 0.2) is 0 Å². The maximum absolute atomic E-state index is 5.94. The van der Waals surface area contributed by atoms with Gasteiger partial charge in [0.05, 0.1) is 12.2 Å². The lowest BCUT2D eigenvalue weighted by Crippen LogP contribution is -2.26. The molecule has 1 aliphatic heterocycles. The van der Waals surface area contributed by atoms with Crippen LogP contribution in [0.25, 0.3) is 0 Å². The lowest BCUT2D eigenvalue weighted by Gasteiger charge is -2.19. The third-order valence-electron chi connectivity index (χ3n) is 4.16. The zero-order chi connectivity index (χ0) is 15.1. The molecule has 0 aromatic carbocycles. The molecule has 2 heterocycles. The summed E-state index contributed by atoms with van der Waals surface area (Å²) in [5.41, 5.74) is 1.09. The SMILES string of the molecule is CCCNc1ncnc(OCCC2CCCN2C)c1CC. The zero-order valence-electron chi connectivity index (χ0n) is 13.6. The van der Waals surface area contributed by atoms with E-state index in [4.69, 9.17) is 4.74 Å². The fraction of sp³-hybridized carbons (Fsp3) is 0.750.